The number of hydrogen-bond donors (Lipinski definition) is 0. The normalized spacial score (nSPS) is 21.8. The van der Waals surface area contributed by atoms with E-state index in [0.717, 1.165) is 25.2 Å². The van der Waals surface area contributed by atoms with Gasteiger partial charge in [-0.05, 0) is 25.0 Å². The lowest BCUT2D eigenvalue weighted by Crippen LogP contribution is -2.40. The fourth-order valence-corrected chi connectivity index (χ4v) is 2.41. The van der Waals surface area contributed by atoms with Crippen LogP contribution < -0.4 is 0 Å². The quantitative estimate of drug-likeness (QED) is 0.801. The maximum atomic E-state index is 11.4. The first-order chi connectivity index (χ1) is 8.20. The highest BCUT2D eigenvalue weighted by Gasteiger charge is 2.24. The molecule has 3 nitrogen and oxygen atoms in total. The van der Waals surface area contributed by atoms with E-state index < -0.39 is 0 Å². The molecule has 2 rings (SSSR count). The summed E-state index contributed by atoms with van der Waals surface area (Å²) in [4.78, 5) is 18.2. The van der Waals surface area contributed by atoms with Crippen LogP contribution in [0.3, 0.4) is 0 Å². The molecule has 0 amide bonds. The highest BCUT2D eigenvalue weighted by molar-refractivity contribution is 5.79. The second-order valence-corrected chi connectivity index (χ2v) is 4.78. The van der Waals surface area contributed by atoms with Crippen LogP contribution in [-0.4, -0.2) is 28.3 Å². The van der Waals surface area contributed by atoms with Crippen LogP contribution in [0, 0.1) is 0 Å². The SMILES string of the molecule is CCc1cccnc1CN1CCC(=O)CC1C. The minimum atomic E-state index is 0.350. The number of carbonyl (C=O) groups excluding carboxylic acids is 1. The van der Waals surface area contributed by atoms with Crippen molar-refractivity contribution < 1.29 is 4.79 Å². The van der Waals surface area contributed by atoms with Gasteiger partial charge in [-0.15, -0.1) is 0 Å². The number of aryl methyl sites for hydroxylation is 1. The van der Waals surface area contributed by atoms with Crippen LogP contribution in [0.25, 0.3) is 0 Å². The van der Waals surface area contributed by atoms with Crippen molar-refractivity contribution in [3.05, 3.63) is 29.6 Å². The van der Waals surface area contributed by atoms with Crippen molar-refractivity contribution in [2.24, 2.45) is 0 Å². The summed E-state index contributed by atoms with van der Waals surface area (Å²) in [6, 6.07) is 4.48. The van der Waals surface area contributed by atoms with E-state index in [1.54, 1.807) is 0 Å². The zero-order valence-electron chi connectivity index (χ0n) is 10.6. The molecule has 0 spiro atoms. The van der Waals surface area contributed by atoms with Gasteiger partial charge in [0.1, 0.15) is 5.78 Å². The van der Waals surface area contributed by atoms with Crippen LogP contribution in [0.5, 0.6) is 0 Å². The number of pyridine rings is 1. The first-order valence-electron chi connectivity index (χ1n) is 6.39. The highest BCUT2D eigenvalue weighted by atomic mass is 16.1. The zero-order chi connectivity index (χ0) is 12.3. The zero-order valence-corrected chi connectivity index (χ0v) is 10.6. The van der Waals surface area contributed by atoms with Crippen molar-refractivity contribution in [2.45, 2.75) is 45.7 Å². The Labute approximate surface area is 103 Å². The second kappa shape index (κ2) is 5.41. The first kappa shape index (κ1) is 12.2. The number of carbonyl (C=O) groups is 1. The fraction of sp³-hybridized carbons (Fsp3) is 0.571. The van der Waals surface area contributed by atoms with E-state index in [0.29, 0.717) is 24.7 Å². The Hall–Kier alpha value is -1.22. The molecule has 0 N–H and O–H groups in total. The predicted octanol–water partition coefficient (Wildman–Crippen LogP) is 2.20. The third-order valence-corrected chi connectivity index (χ3v) is 3.54. The summed E-state index contributed by atoms with van der Waals surface area (Å²) in [6.07, 6.45) is 4.26. The molecule has 1 aromatic rings. The van der Waals surface area contributed by atoms with Gasteiger partial charge in [-0.1, -0.05) is 13.0 Å². The van der Waals surface area contributed by atoms with E-state index in [1.165, 1.54) is 5.56 Å². The minimum absolute atomic E-state index is 0.350. The summed E-state index contributed by atoms with van der Waals surface area (Å²) in [7, 11) is 0. The van der Waals surface area contributed by atoms with Gasteiger partial charge in [0.05, 0.1) is 5.69 Å². The molecule has 2 heterocycles. The molecule has 1 aliphatic heterocycles. The number of aromatic nitrogens is 1. The third kappa shape index (κ3) is 2.91. The largest absolute Gasteiger partial charge is 0.300 e. The predicted molar refractivity (Wildman–Crippen MR) is 67.7 cm³/mol. The third-order valence-electron chi connectivity index (χ3n) is 3.54. The molecule has 0 saturated carbocycles. The summed E-state index contributed by atoms with van der Waals surface area (Å²) in [6.45, 7) is 6.04. The van der Waals surface area contributed by atoms with E-state index in [9.17, 15) is 4.79 Å². The molecule has 1 saturated heterocycles. The topological polar surface area (TPSA) is 33.2 Å². The molecule has 0 bridgehead atoms. The van der Waals surface area contributed by atoms with E-state index in [4.69, 9.17) is 0 Å². The Morgan fingerprint density at radius 3 is 3.06 bits per heavy atom. The van der Waals surface area contributed by atoms with Gasteiger partial charge in [0, 0.05) is 38.2 Å². The molecule has 0 radical (unpaired) electrons. The lowest BCUT2D eigenvalue weighted by molar-refractivity contribution is -0.123. The average molecular weight is 232 g/mol. The van der Waals surface area contributed by atoms with Gasteiger partial charge in [-0.3, -0.25) is 14.7 Å². The lowest BCUT2D eigenvalue weighted by atomic mass is 10.0. The first-order valence-corrected chi connectivity index (χ1v) is 6.39. The van der Waals surface area contributed by atoms with Crippen molar-refractivity contribution in [3.63, 3.8) is 0 Å². The van der Waals surface area contributed by atoms with Gasteiger partial charge in [-0.25, -0.2) is 0 Å². The smallest absolute Gasteiger partial charge is 0.135 e. The summed E-state index contributed by atoms with van der Waals surface area (Å²) >= 11 is 0. The Balaban J connectivity index is 2.07. The number of ketones is 1. The molecule has 92 valence electrons. The van der Waals surface area contributed by atoms with E-state index in [-0.39, 0.29) is 0 Å². The number of nitrogens with zero attached hydrogens (tertiary/aromatic N) is 2. The van der Waals surface area contributed by atoms with Gasteiger partial charge in [0.15, 0.2) is 0 Å². The Morgan fingerprint density at radius 1 is 1.53 bits per heavy atom. The van der Waals surface area contributed by atoms with Crippen molar-refractivity contribution in [1.82, 2.24) is 9.88 Å². The summed E-state index contributed by atoms with van der Waals surface area (Å²) in [5.41, 5.74) is 2.48. The number of piperidine rings is 1. The Kier molecular flexibility index (Phi) is 3.89. The molecule has 1 atom stereocenters. The van der Waals surface area contributed by atoms with Gasteiger partial charge in [0.2, 0.25) is 0 Å². The van der Waals surface area contributed by atoms with Crippen LogP contribution in [-0.2, 0) is 17.8 Å². The highest BCUT2D eigenvalue weighted by Crippen LogP contribution is 2.18. The van der Waals surface area contributed by atoms with Crippen molar-refractivity contribution in [3.8, 4) is 0 Å². The molecule has 1 unspecified atom stereocenters. The average Bonchev–Trinajstić information content (AvgIpc) is 2.33. The second-order valence-electron chi connectivity index (χ2n) is 4.78. The number of rotatable bonds is 3. The molecule has 3 heteroatoms. The van der Waals surface area contributed by atoms with Crippen LogP contribution >= 0.6 is 0 Å². The van der Waals surface area contributed by atoms with Crippen molar-refractivity contribution in [2.75, 3.05) is 6.54 Å². The fourth-order valence-electron chi connectivity index (χ4n) is 2.41. The van der Waals surface area contributed by atoms with Crippen molar-refractivity contribution >= 4 is 5.78 Å². The van der Waals surface area contributed by atoms with E-state index in [1.807, 2.05) is 12.3 Å². The molecule has 17 heavy (non-hydrogen) atoms. The molecule has 1 aliphatic rings. The number of hydrogen-bond acceptors (Lipinski definition) is 3. The van der Waals surface area contributed by atoms with Gasteiger partial charge >= 0.3 is 0 Å². The molecular weight excluding hydrogens is 212 g/mol. The maximum absolute atomic E-state index is 11.4. The molecule has 0 aliphatic carbocycles. The van der Waals surface area contributed by atoms with Gasteiger partial charge in [-0.2, -0.15) is 0 Å². The number of likely N-dealkylation sites (tertiary alicyclic amines) is 1. The molecule has 0 aromatic carbocycles. The molecule has 1 fully saturated rings. The van der Waals surface area contributed by atoms with E-state index >= 15 is 0 Å². The van der Waals surface area contributed by atoms with Gasteiger partial charge < -0.3 is 0 Å². The lowest BCUT2D eigenvalue weighted by Gasteiger charge is -2.32. The van der Waals surface area contributed by atoms with Gasteiger partial charge in [0.25, 0.3) is 0 Å². The van der Waals surface area contributed by atoms with Crippen LogP contribution in [0.2, 0.25) is 0 Å². The Bertz CT molecular complexity index is 403. The van der Waals surface area contributed by atoms with E-state index in [2.05, 4.69) is 29.8 Å². The summed E-state index contributed by atoms with van der Waals surface area (Å²) < 4.78 is 0. The molecular formula is C14H20N2O. The summed E-state index contributed by atoms with van der Waals surface area (Å²) in [5.74, 6) is 0.394. The van der Waals surface area contributed by atoms with Crippen molar-refractivity contribution in [1.29, 1.82) is 0 Å². The van der Waals surface area contributed by atoms with Crippen LogP contribution in [0.1, 0.15) is 37.9 Å². The number of Topliss-reactive ketones (excluding diaryl/α,β-unsaturated/α-hetero) is 1. The minimum Gasteiger partial charge on any atom is -0.300 e. The molecule has 1 aromatic heterocycles. The monoisotopic (exact) mass is 232 g/mol. The summed E-state index contributed by atoms with van der Waals surface area (Å²) in [5, 5.41) is 0. The van der Waals surface area contributed by atoms with Crippen LogP contribution in [0.15, 0.2) is 18.3 Å². The Morgan fingerprint density at radius 2 is 2.35 bits per heavy atom. The van der Waals surface area contributed by atoms with Crippen LogP contribution in [0.4, 0.5) is 0 Å². The standard InChI is InChI=1S/C14H20N2O/c1-3-12-5-4-7-15-14(12)10-16-8-6-13(17)9-11(16)2/h4-5,7,11H,3,6,8-10H2,1-2H3. The maximum Gasteiger partial charge on any atom is 0.135 e.